The van der Waals surface area contributed by atoms with Crippen molar-refractivity contribution in [1.29, 1.82) is 0 Å². The smallest absolute Gasteiger partial charge is 0.256 e. The van der Waals surface area contributed by atoms with Crippen molar-refractivity contribution in [2.24, 2.45) is 0 Å². The number of amides is 1. The van der Waals surface area contributed by atoms with Crippen molar-refractivity contribution in [2.75, 3.05) is 26.7 Å². The molecule has 0 bridgehead atoms. The average molecular weight is 343 g/mol. The number of aromatic nitrogens is 1. The number of likely N-dealkylation sites (tertiary alicyclic amines) is 1. The molecule has 134 valence electrons. The zero-order valence-electron chi connectivity index (χ0n) is 15.0. The van der Waals surface area contributed by atoms with Crippen molar-refractivity contribution < 1.29 is 14.1 Å². The van der Waals surface area contributed by atoms with Crippen LogP contribution in [0.25, 0.3) is 0 Å². The topological polar surface area (TPSA) is 67.6 Å². The molecule has 1 unspecified atom stereocenters. The Kier molecular flexibility index (Phi) is 5.38. The van der Waals surface area contributed by atoms with Crippen LogP contribution in [0.2, 0.25) is 0 Å². The number of ether oxygens (including phenoxy) is 1. The fraction of sp³-hybridized carbons (Fsp3) is 0.474. The highest BCUT2D eigenvalue weighted by Gasteiger charge is 2.25. The van der Waals surface area contributed by atoms with Crippen molar-refractivity contribution in [3.05, 3.63) is 46.8 Å². The number of nitrogens with zero attached hydrogens (tertiary/aromatic N) is 2. The molecule has 3 rings (SSSR count). The summed E-state index contributed by atoms with van der Waals surface area (Å²) >= 11 is 0. The molecule has 0 radical (unpaired) electrons. The number of rotatable bonds is 6. The van der Waals surface area contributed by atoms with Crippen molar-refractivity contribution >= 4 is 5.91 Å². The van der Waals surface area contributed by atoms with E-state index in [1.807, 2.05) is 18.2 Å². The number of aryl methyl sites for hydroxylation is 2. The molecule has 6 heteroatoms. The van der Waals surface area contributed by atoms with Gasteiger partial charge in [0.2, 0.25) is 0 Å². The zero-order valence-corrected chi connectivity index (χ0v) is 15.0. The Morgan fingerprint density at radius 2 is 2.12 bits per heavy atom. The third-order valence-electron chi connectivity index (χ3n) is 4.78. The molecule has 2 heterocycles. The van der Waals surface area contributed by atoms with Crippen LogP contribution in [0.4, 0.5) is 0 Å². The summed E-state index contributed by atoms with van der Waals surface area (Å²) in [6.07, 6.45) is 2.39. The third-order valence-corrected chi connectivity index (χ3v) is 4.78. The maximum absolute atomic E-state index is 12.6. The normalized spacial score (nSPS) is 16.0. The lowest BCUT2D eigenvalue weighted by Gasteiger charge is -2.28. The number of carbonyl (C=O) groups is 1. The minimum Gasteiger partial charge on any atom is -0.497 e. The molecule has 0 spiro atoms. The maximum atomic E-state index is 12.6. The van der Waals surface area contributed by atoms with E-state index in [0.717, 1.165) is 24.4 Å². The number of nitrogens with one attached hydrogen (secondary N) is 1. The van der Waals surface area contributed by atoms with Crippen LogP contribution in [0.3, 0.4) is 0 Å². The Morgan fingerprint density at radius 1 is 1.36 bits per heavy atom. The van der Waals surface area contributed by atoms with E-state index in [-0.39, 0.29) is 11.9 Å². The summed E-state index contributed by atoms with van der Waals surface area (Å²) in [5, 5.41) is 6.92. The molecule has 1 aliphatic rings. The highest BCUT2D eigenvalue weighted by Crippen LogP contribution is 2.27. The molecule has 25 heavy (non-hydrogen) atoms. The molecular weight excluding hydrogens is 318 g/mol. The van der Waals surface area contributed by atoms with E-state index in [2.05, 4.69) is 21.4 Å². The van der Waals surface area contributed by atoms with Gasteiger partial charge in [0.25, 0.3) is 5.91 Å². The minimum absolute atomic E-state index is 0.127. The summed E-state index contributed by atoms with van der Waals surface area (Å²) in [5.41, 5.74) is 2.31. The SMILES string of the molecule is COc1cccc(C(CNC(=O)c2c(C)noc2C)N2CCCC2)c1. The lowest BCUT2D eigenvalue weighted by Crippen LogP contribution is -2.37. The second-order valence-corrected chi connectivity index (χ2v) is 6.44. The average Bonchev–Trinajstić information content (AvgIpc) is 3.25. The van der Waals surface area contributed by atoms with Gasteiger partial charge in [-0.05, 0) is 57.5 Å². The van der Waals surface area contributed by atoms with Gasteiger partial charge in [0.15, 0.2) is 0 Å². The first-order chi connectivity index (χ1) is 12.1. The van der Waals surface area contributed by atoms with Crippen molar-refractivity contribution in [3.8, 4) is 5.75 Å². The number of carbonyl (C=O) groups excluding carboxylic acids is 1. The number of methoxy groups -OCH3 is 1. The first kappa shape index (κ1) is 17.5. The first-order valence-electron chi connectivity index (χ1n) is 8.69. The summed E-state index contributed by atoms with van der Waals surface area (Å²) in [7, 11) is 1.67. The first-order valence-corrected chi connectivity index (χ1v) is 8.69. The lowest BCUT2D eigenvalue weighted by molar-refractivity contribution is 0.0936. The second kappa shape index (κ2) is 7.70. The summed E-state index contributed by atoms with van der Waals surface area (Å²) in [6.45, 7) is 6.17. The van der Waals surface area contributed by atoms with E-state index in [9.17, 15) is 4.79 Å². The summed E-state index contributed by atoms with van der Waals surface area (Å²) in [5.74, 6) is 1.25. The third kappa shape index (κ3) is 3.85. The molecule has 1 aromatic heterocycles. The molecule has 0 aliphatic carbocycles. The van der Waals surface area contributed by atoms with Gasteiger partial charge in [-0.2, -0.15) is 0 Å². The van der Waals surface area contributed by atoms with Crippen LogP contribution >= 0.6 is 0 Å². The van der Waals surface area contributed by atoms with Gasteiger partial charge in [0.1, 0.15) is 17.1 Å². The van der Waals surface area contributed by atoms with E-state index in [1.54, 1.807) is 21.0 Å². The van der Waals surface area contributed by atoms with E-state index in [0.29, 0.717) is 23.6 Å². The lowest BCUT2D eigenvalue weighted by atomic mass is 10.0. The Morgan fingerprint density at radius 3 is 2.76 bits per heavy atom. The standard InChI is InChI=1S/C19H25N3O3/c1-13-18(14(2)25-21-13)19(23)20-12-17(22-9-4-5-10-22)15-7-6-8-16(11-15)24-3/h6-8,11,17H,4-5,9-10,12H2,1-3H3,(H,20,23). The summed E-state index contributed by atoms with van der Waals surface area (Å²) < 4.78 is 10.5. The van der Waals surface area contributed by atoms with Crippen LogP contribution in [-0.4, -0.2) is 42.7 Å². The predicted molar refractivity (Wildman–Crippen MR) is 94.9 cm³/mol. The molecular formula is C19H25N3O3. The second-order valence-electron chi connectivity index (χ2n) is 6.44. The van der Waals surface area contributed by atoms with Gasteiger partial charge >= 0.3 is 0 Å². The molecule has 1 amide bonds. The molecule has 1 aliphatic heterocycles. The fourth-order valence-electron chi connectivity index (χ4n) is 3.44. The van der Waals surface area contributed by atoms with Crippen molar-refractivity contribution in [2.45, 2.75) is 32.7 Å². The molecule has 1 N–H and O–H groups in total. The minimum atomic E-state index is -0.136. The number of benzene rings is 1. The van der Waals surface area contributed by atoms with Gasteiger partial charge in [-0.15, -0.1) is 0 Å². The molecule has 1 atom stereocenters. The van der Waals surface area contributed by atoms with Crippen molar-refractivity contribution in [3.63, 3.8) is 0 Å². The molecule has 1 saturated heterocycles. The van der Waals surface area contributed by atoms with Crippen molar-refractivity contribution in [1.82, 2.24) is 15.4 Å². The van der Waals surface area contributed by atoms with Gasteiger partial charge in [0, 0.05) is 6.54 Å². The quantitative estimate of drug-likeness (QED) is 0.873. The highest BCUT2D eigenvalue weighted by atomic mass is 16.5. The molecule has 1 fully saturated rings. The molecule has 0 saturated carbocycles. The Labute approximate surface area is 148 Å². The van der Waals surface area contributed by atoms with Crippen LogP contribution < -0.4 is 10.1 Å². The molecule has 1 aromatic carbocycles. The van der Waals surface area contributed by atoms with Gasteiger partial charge in [-0.1, -0.05) is 17.3 Å². The van der Waals surface area contributed by atoms with Gasteiger partial charge in [-0.3, -0.25) is 9.69 Å². The fourth-order valence-corrected chi connectivity index (χ4v) is 3.44. The van der Waals surface area contributed by atoms with Gasteiger partial charge in [0.05, 0.1) is 18.8 Å². The molecule has 6 nitrogen and oxygen atoms in total. The monoisotopic (exact) mass is 343 g/mol. The number of hydrogen-bond donors (Lipinski definition) is 1. The number of hydrogen-bond acceptors (Lipinski definition) is 5. The Hall–Kier alpha value is -2.34. The van der Waals surface area contributed by atoms with E-state index in [4.69, 9.17) is 9.26 Å². The highest BCUT2D eigenvalue weighted by molar-refractivity contribution is 5.96. The largest absolute Gasteiger partial charge is 0.497 e. The summed E-state index contributed by atoms with van der Waals surface area (Å²) in [4.78, 5) is 15.0. The molecule has 2 aromatic rings. The summed E-state index contributed by atoms with van der Waals surface area (Å²) in [6, 6.07) is 8.20. The van der Waals surface area contributed by atoms with Crippen LogP contribution in [0, 0.1) is 13.8 Å². The van der Waals surface area contributed by atoms with Crippen LogP contribution in [0.15, 0.2) is 28.8 Å². The van der Waals surface area contributed by atoms with Crippen LogP contribution in [0.1, 0.15) is 46.3 Å². The van der Waals surface area contributed by atoms with E-state index < -0.39 is 0 Å². The maximum Gasteiger partial charge on any atom is 0.256 e. The van der Waals surface area contributed by atoms with E-state index in [1.165, 1.54) is 12.8 Å². The van der Waals surface area contributed by atoms with Gasteiger partial charge < -0.3 is 14.6 Å². The van der Waals surface area contributed by atoms with Crippen LogP contribution in [-0.2, 0) is 0 Å². The van der Waals surface area contributed by atoms with Crippen LogP contribution in [0.5, 0.6) is 5.75 Å². The van der Waals surface area contributed by atoms with Gasteiger partial charge in [-0.25, -0.2) is 0 Å². The zero-order chi connectivity index (χ0) is 17.8. The van der Waals surface area contributed by atoms with E-state index >= 15 is 0 Å². The Balaban J connectivity index is 1.77. The predicted octanol–water partition coefficient (Wildman–Crippen LogP) is 2.87. The Bertz CT molecular complexity index is 716.